The molecule has 0 saturated carbocycles. The van der Waals surface area contributed by atoms with E-state index in [0.29, 0.717) is 10.1 Å². The standard InChI is InChI=1S/C23H21N3O3S/c1-15-12-16(14-26(15)18-6-10-20(29-3)11-7-18)13-21-22(27)25-23(30-21)24-17-4-8-19(28-2)9-5-17/h4-14H,1-3H3,(H,24,25,27)/b21-13+. The van der Waals surface area contributed by atoms with Gasteiger partial charge in [-0.05, 0) is 84.9 Å². The highest BCUT2D eigenvalue weighted by molar-refractivity contribution is 8.18. The molecule has 7 heteroatoms. The monoisotopic (exact) mass is 419 g/mol. The second-order valence-corrected chi connectivity index (χ2v) is 7.69. The molecule has 4 rings (SSSR count). The van der Waals surface area contributed by atoms with Gasteiger partial charge in [-0.1, -0.05) is 0 Å². The van der Waals surface area contributed by atoms with Crippen molar-refractivity contribution in [2.75, 3.05) is 14.2 Å². The topological polar surface area (TPSA) is 64.8 Å². The van der Waals surface area contributed by atoms with Gasteiger partial charge in [0, 0.05) is 17.6 Å². The number of amidine groups is 1. The number of benzene rings is 2. The lowest BCUT2D eigenvalue weighted by molar-refractivity contribution is -0.115. The van der Waals surface area contributed by atoms with Crippen molar-refractivity contribution >= 4 is 34.6 Å². The third kappa shape index (κ3) is 4.26. The molecule has 2 heterocycles. The summed E-state index contributed by atoms with van der Waals surface area (Å²) in [4.78, 5) is 17.5. The zero-order valence-corrected chi connectivity index (χ0v) is 17.7. The van der Waals surface area contributed by atoms with Crippen LogP contribution in [0, 0.1) is 6.92 Å². The van der Waals surface area contributed by atoms with Crippen LogP contribution in [0.5, 0.6) is 11.5 Å². The molecule has 3 aromatic rings. The van der Waals surface area contributed by atoms with Crippen molar-refractivity contribution in [3.8, 4) is 17.2 Å². The van der Waals surface area contributed by atoms with Crippen molar-refractivity contribution in [1.29, 1.82) is 0 Å². The molecule has 0 bridgehead atoms. The summed E-state index contributed by atoms with van der Waals surface area (Å²) in [7, 11) is 3.27. The molecule has 1 fully saturated rings. The summed E-state index contributed by atoms with van der Waals surface area (Å²) in [5.74, 6) is 1.43. The number of nitrogens with one attached hydrogen (secondary N) is 1. The minimum Gasteiger partial charge on any atom is -0.497 e. The number of aliphatic imine (C=N–C) groups is 1. The van der Waals surface area contributed by atoms with E-state index >= 15 is 0 Å². The third-order valence-corrected chi connectivity index (χ3v) is 5.55. The summed E-state index contributed by atoms with van der Waals surface area (Å²) in [6.45, 7) is 2.03. The number of aromatic nitrogens is 1. The van der Waals surface area contributed by atoms with E-state index in [0.717, 1.165) is 34.1 Å². The highest BCUT2D eigenvalue weighted by atomic mass is 32.2. The van der Waals surface area contributed by atoms with Crippen molar-refractivity contribution in [3.63, 3.8) is 0 Å². The first kappa shape index (κ1) is 19.8. The summed E-state index contributed by atoms with van der Waals surface area (Å²) in [5, 5.41) is 3.38. The predicted octanol–water partition coefficient (Wildman–Crippen LogP) is 4.69. The number of nitrogens with zero attached hydrogens (tertiary/aromatic N) is 2. The molecule has 0 unspecified atom stereocenters. The fourth-order valence-corrected chi connectivity index (χ4v) is 3.95. The van der Waals surface area contributed by atoms with E-state index in [4.69, 9.17) is 9.47 Å². The first-order chi connectivity index (χ1) is 14.6. The Morgan fingerprint density at radius 3 is 2.27 bits per heavy atom. The molecule has 1 aromatic heterocycles. The zero-order valence-electron chi connectivity index (χ0n) is 16.9. The van der Waals surface area contributed by atoms with Crippen LogP contribution < -0.4 is 14.8 Å². The van der Waals surface area contributed by atoms with Gasteiger partial charge < -0.3 is 19.4 Å². The molecule has 0 radical (unpaired) electrons. The number of amides is 1. The van der Waals surface area contributed by atoms with Gasteiger partial charge in [0.15, 0.2) is 5.17 Å². The molecule has 1 amide bonds. The lowest BCUT2D eigenvalue weighted by atomic mass is 10.3. The number of rotatable bonds is 5. The van der Waals surface area contributed by atoms with Crippen molar-refractivity contribution in [3.05, 3.63) is 77.0 Å². The molecular formula is C23H21N3O3S. The fourth-order valence-electron chi connectivity index (χ4n) is 3.10. The lowest BCUT2D eigenvalue weighted by Gasteiger charge is -2.06. The molecule has 1 aliphatic heterocycles. The number of carbonyl (C=O) groups excluding carboxylic acids is 1. The van der Waals surface area contributed by atoms with E-state index in [1.54, 1.807) is 14.2 Å². The maximum absolute atomic E-state index is 12.4. The average Bonchev–Trinajstić information content (AvgIpc) is 3.30. The fraction of sp³-hybridized carbons (Fsp3) is 0.130. The van der Waals surface area contributed by atoms with Gasteiger partial charge in [-0.25, -0.2) is 4.99 Å². The summed E-state index contributed by atoms with van der Waals surface area (Å²) in [6.07, 6.45) is 3.89. The van der Waals surface area contributed by atoms with Gasteiger partial charge in [-0.3, -0.25) is 4.79 Å². The van der Waals surface area contributed by atoms with Crippen LogP contribution in [0.25, 0.3) is 11.8 Å². The Balaban J connectivity index is 1.54. The lowest BCUT2D eigenvalue weighted by Crippen LogP contribution is -2.19. The highest BCUT2D eigenvalue weighted by Gasteiger charge is 2.24. The van der Waals surface area contributed by atoms with Gasteiger partial charge in [0.1, 0.15) is 11.5 Å². The SMILES string of the molecule is COc1ccc(N=C2NC(=O)/C(=C\c3cc(C)n(-c4ccc(OC)cc4)c3)S2)cc1. The average molecular weight is 420 g/mol. The smallest absolute Gasteiger partial charge is 0.264 e. The summed E-state index contributed by atoms with van der Waals surface area (Å²) >= 11 is 1.33. The largest absolute Gasteiger partial charge is 0.497 e. The second kappa shape index (κ2) is 8.51. The van der Waals surface area contributed by atoms with Gasteiger partial charge in [0.05, 0.1) is 24.8 Å². The molecule has 0 atom stereocenters. The van der Waals surface area contributed by atoms with E-state index in [2.05, 4.69) is 14.9 Å². The quantitative estimate of drug-likeness (QED) is 0.609. The van der Waals surface area contributed by atoms with Crippen LogP contribution in [0.3, 0.4) is 0 Å². The van der Waals surface area contributed by atoms with Crippen LogP contribution in [-0.2, 0) is 4.79 Å². The van der Waals surface area contributed by atoms with Gasteiger partial charge in [-0.15, -0.1) is 0 Å². The van der Waals surface area contributed by atoms with E-state index < -0.39 is 0 Å². The summed E-state index contributed by atoms with van der Waals surface area (Å²) in [6, 6.07) is 17.3. The zero-order chi connectivity index (χ0) is 21.1. The van der Waals surface area contributed by atoms with Crippen molar-refractivity contribution in [1.82, 2.24) is 9.88 Å². The first-order valence-electron chi connectivity index (χ1n) is 9.33. The Morgan fingerprint density at radius 1 is 1.00 bits per heavy atom. The Labute approximate surface area is 179 Å². The number of hydrogen-bond acceptors (Lipinski definition) is 5. The van der Waals surface area contributed by atoms with E-state index in [9.17, 15) is 4.79 Å². The molecule has 2 aromatic carbocycles. The first-order valence-corrected chi connectivity index (χ1v) is 10.1. The Hall–Kier alpha value is -3.45. The van der Waals surface area contributed by atoms with E-state index in [-0.39, 0.29) is 5.91 Å². The minimum atomic E-state index is -0.151. The van der Waals surface area contributed by atoms with Crippen molar-refractivity contribution in [2.24, 2.45) is 4.99 Å². The molecule has 0 aliphatic carbocycles. The summed E-state index contributed by atoms with van der Waals surface area (Å²) in [5.41, 5.74) is 3.80. The highest BCUT2D eigenvalue weighted by Crippen LogP contribution is 2.29. The molecule has 1 N–H and O–H groups in total. The van der Waals surface area contributed by atoms with E-state index in [1.807, 2.05) is 73.8 Å². The Morgan fingerprint density at radius 2 is 1.63 bits per heavy atom. The Kier molecular flexibility index (Phi) is 5.63. The van der Waals surface area contributed by atoms with Crippen LogP contribution >= 0.6 is 11.8 Å². The van der Waals surface area contributed by atoms with Gasteiger partial charge in [0.25, 0.3) is 5.91 Å². The molecule has 30 heavy (non-hydrogen) atoms. The number of ether oxygens (including phenoxy) is 2. The van der Waals surface area contributed by atoms with Gasteiger partial charge >= 0.3 is 0 Å². The van der Waals surface area contributed by atoms with Gasteiger partial charge in [-0.2, -0.15) is 0 Å². The maximum atomic E-state index is 12.4. The van der Waals surface area contributed by atoms with Crippen LogP contribution in [-0.4, -0.2) is 29.9 Å². The molecule has 1 aliphatic rings. The normalized spacial score (nSPS) is 16.2. The number of methoxy groups -OCH3 is 2. The molecule has 1 saturated heterocycles. The second-order valence-electron chi connectivity index (χ2n) is 6.66. The van der Waals surface area contributed by atoms with Gasteiger partial charge in [0.2, 0.25) is 0 Å². The number of carbonyl (C=O) groups is 1. The molecule has 152 valence electrons. The van der Waals surface area contributed by atoms with Crippen molar-refractivity contribution in [2.45, 2.75) is 6.92 Å². The third-order valence-electron chi connectivity index (χ3n) is 4.64. The number of aryl methyl sites for hydroxylation is 1. The van der Waals surface area contributed by atoms with Crippen LogP contribution in [0.4, 0.5) is 5.69 Å². The van der Waals surface area contributed by atoms with Crippen LogP contribution in [0.15, 0.2) is 70.7 Å². The number of thioether (sulfide) groups is 1. The maximum Gasteiger partial charge on any atom is 0.264 e. The summed E-state index contributed by atoms with van der Waals surface area (Å²) < 4.78 is 12.5. The molecular weight excluding hydrogens is 398 g/mol. The minimum absolute atomic E-state index is 0.151. The van der Waals surface area contributed by atoms with E-state index in [1.165, 1.54) is 11.8 Å². The van der Waals surface area contributed by atoms with Crippen LogP contribution in [0.1, 0.15) is 11.3 Å². The van der Waals surface area contributed by atoms with Crippen LogP contribution in [0.2, 0.25) is 0 Å². The molecule has 0 spiro atoms. The predicted molar refractivity (Wildman–Crippen MR) is 121 cm³/mol. The number of hydrogen-bond donors (Lipinski definition) is 1. The molecule has 6 nitrogen and oxygen atoms in total. The van der Waals surface area contributed by atoms with Crippen molar-refractivity contribution < 1.29 is 14.3 Å². The Bertz CT molecular complexity index is 1130.